The number of fused-ring (bicyclic) bond motifs is 4. The van der Waals surface area contributed by atoms with Crippen molar-refractivity contribution in [3.05, 3.63) is 32.2 Å². The van der Waals surface area contributed by atoms with Gasteiger partial charge in [0.15, 0.2) is 17.5 Å². The summed E-state index contributed by atoms with van der Waals surface area (Å²) in [5.74, 6) is -2.87. The maximum Gasteiger partial charge on any atom is 0.358 e. The number of esters is 3. The molecule has 3 heterocycles. The van der Waals surface area contributed by atoms with E-state index < -0.39 is 42.1 Å². The third-order valence-corrected chi connectivity index (χ3v) is 7.56. The number of ether oxygens (including phenoxy) is 3. The highest BCUT2D eigenvalue weighted by atomic mass is 35.5. The highest BCUT2D eigenvalue weighted by molar-refractivity contribution is 7.10. The van der Waals surface area contributed by atoms with Crippen molar-refractivity contribution < 1.29 is 33.7 Å². The summed E-state index contributed by atoms with van der Waals surface area (Å²) in [4.78, 5) is 46.9. The van der Waals surface area contributed by atoms with Gasteiger partial charge in [0.05, 0.1) is 5.92 Å². The lowest BCUT2D eigenvalue weighted by molar-refractivity contribution is -0.160. The molecule has 0 amide bonds. The van der Waals surface area contributed by atoms with Gasteiger partial charge in [-0.05, 0) is 39.0 Å². The van der Waals surface area contributed by atoms with Gasteiger partial charge in [-0.2, -0.15) is 0 Å². The Labute approximate surface area is 216 Å². The first-order chi connectivity index (χ1) is 16.6. The SMILES string of the molecule is CC(C)C1OC(=O)[C@@H](C)[C@H](CCC[C@H](C)Cl)OC(=O)c2csc(n2)[C@H](O)COC(=O)c2csc1n2. The fourth-order valence-electron chi connectivity index (χ4n) is 3.41. The van der Waals surface area contributed by atoms with E-state index in [1.165, 1.54) is 22.1 Å². The number of aromatic nitrogens is 2. The summed E-state index contributed by atoms with van der Waals surface area (Å²) in [6.45, 7) is 6.92. The van der Waals surface area contributed by atoms with E-state index in [4.69, 9.17) is 25.8 Å². The molecule has 9 nitrogen and oxygen atoms in total. The second-order valence-corrected chi connectivity index (χ2v) is 11.3. The number of nitrogens with zero attached hydrogens (tertiary/aromatic N) is 2. The van der Waals surface area contributed by atoms with Gasteiger partial charge in [-0.25, -0.2) is 19.6 Å². The number of carbonyl (C=O) groups is 3. The normalized spacial score (nSPS) is 24.9. The molecular weight excluding hydrogens is 516 g/mol. The first-order valence-electron chi connectivity index (χ1n) is 11.4. The summed E-state index contributed by atoms with van der Waals surface area (Å²) in [5.41, 5.74) is 0.0578. The van der Waals surface area contributed by atoms with E-state index in [-0.39, 0.29) is 34.3 Å². The Morgan fingerprint density at radius 3 is 2.34 bits per heavy atom. The number of thiazole rings is 2. The van der Waals surface area contributed by atoms with Crippen molar-refractivity contribution in [3.8, 4) is 0 Å². The van der Waals surface area contributed by atoms with Gasteiger partial charge in [0.2, 0.25) is 0 Å². The monoisotopic (exact) mass is 544 g/mol. The molecule has 2 aromatic rings. The zero-order valence-corrected chi connectivity index (χ0v) is 22.3. The fraction of sp³-hybridized carbons (Fsp3) is 0.609. The third kappa shape index (κ3) is 7.22. The van der Waals surface area contributed by atoms with Gasteiger partial charge in [0, 0.05) is 16.1 Å². The predicted molar refractivity (Wildman–Crippen MR) is 131 cm³/mol. The van der Waals surface area contributed by atoms with Gasteiger partial charge < -0.3 is 19.3 Å². The van der Waals surface area contributed by atoms with E-state index in [1.54, 1.807) is 6.92 Å². The number of aliphatic hydroxyl groups excluding tert-OH is 1. The van der Waals surface area contributed by atoms with Gasteiger partial charge in [-0.15, -0.1) is 34.3 Å². The number of carbonyl (C=O) groups excluding carboxylic acids is 3. The van der Waals surface area contributed by atoms with Crippen LogP contribution in [0, 0.1) is 11.8 Å². The number of hydrogen-bond acceptors (Lipinski definition) is 11. The summed E-state index contributed by atoms with van der Waals surface area (Å²) >= 11 is 8.29. The number of cyclic esters (lactones) is 3. The number of alkyl halides is 1. The molecule has 1 N–H and O–H groups in total. The number of hydrogen-bond donors (Lipinski definition) is 1. The number of rotatable bonds is 5. The minimum absolute atomic E-state index is 0.000232. The number of halogens is 1. The van der Waals surface area contributed by atoms with E-state index in [9.17, 15) is 19.5 Å². The van der Waals surface area contributed by atoms with Crippen LogP contribution < -0.4 is 0 Å². The first kappa shape index (κ1) is 27.5. The third-order valence-electron chi connectivity index (χ3n) is 5.49. The van der Waals surface area contributed by atoms with Crippen molar-refractivity contribution in [2.45, 2.75) is 70.6 Å². The highest BCUT2D eigenvalue weighted by Crippen LogP contribution is 2.31. The van der Waals surface area contributed by atoms with E-state index in [0.29, 0.717) is 24.3 Å². The maximum atomic E-state index is 13.1. The standard InChI is InChI=1S/C23H29ClN2O7S2/c1-11(2)18-20-26-14(9-35-20)22(29)31-8-16(27)19-25-15(10-34-19)23(30)32-17(7-5-6-12(3)24)13(4)21(28)33-18/h9-13,16-18,27H,5-8H2,1-4H3/t12-,13-,16+,17-,18?/m0/s1. The zero-order valence-electron chi connectivity index (χ0n) is 19.9. The van der Waals surface area contributed by atoms with Crippen molar-refractivity contribution in [1.82, 2.24) is 9.97 Å². The summed E-state index contributed by atoms with van der Waals surface area (Å²) in [7, 11) is 0. The average Bonchev–Trinajstić information content (AvgIpc) is 3.49. The van der Waals surface area contributed by atoms with Crippen LogP contribution in [-0.2, 0) is 19.0 Å². The minimum Gasteiger partial charge on any atom is -0.458 e. The molecule has 0 fully saturated rings. The van der Waals surface area contributed by atoms with Crippen molar-refractivity contribution in [2.24, 2.45) is 11.8 Å². The molecule has 12 heteroatoms. The molecule has 1 aliphatic rings. The van der Waals surface area contributed by atoms with Crippen LogP contribution in [0.2, 0.25) is 0 Å². The van der Waals surface area contributed by atoms with E-state index in [2.05, 4.69) is 9.97 Å². The summed E-state index contributed by atoms with van der Waals surface area (Å²) in [5, 5.41) is 14.0. The van der Waals surface area contributed by atoms with Crippen LogP contribution in [0.4, 0.5) is 0 Å². The van der Waals surface area contributed by atoms with Crippen molar-refractivity contribution >= 4 is 52.2 Å². The second-order valence-electron chi connectivity index (χ2n) is 8.80. The average molecular weight is 545 g/mol. The van der Waals surface area contributed by atoms with Gasteiger partial charge in [-0.3, -0.25) is 4.79 Å². The molecule has 2 aromatic heterocycles. The van der Waals surface area contributed by atoms with Gasteiger partial charge >= 0.3 is 17.9 Å². The van der Waals surface area contributed by atoms with Crippen molar-refractivity contribution in [1.29, 1.82) is 0 Å². The van der Waals surface area contributed by atoms with E-state index in [0.717, 1.165) is 11.3 Å². The Bertz CT molecular complexity index is 1040. The fourth-order valence-corrected chi connectivity index (χ4v) is 5.31. The van der Waals surface area contributed by atoms with Gasteiger partial charge in [0.25, 0.3) is 0 Å². The van der Waals surface area contributed by atoms with E-state index in [1.807, 2.05) is 20.8 Å². The molecule has 0 radical (unpaired) electrons. The topological polar surface area (TPSA) is 125 Å². The Balaban J connectivity index is 1.93. The Kier molecular flexibility index (Phi) is 9.62. The molecule has 192 valence electrons. The summed E-state index contributed by atoms with van der Waals surface area (Å²) in [6.07, 6.45) is -0.931. The Morgan fingerprint density at radius 1 is 1.06 bits per heavy atom. The van der Waals surface area contributed by atoms with Crippen LogP contribution in [0.5, 0.6) is 0 Å². The Hall–Kier alpha value is -2.08. The molecule has 35 heavy (non-hydrogen) atoms. The van der Waals surface area contributed by atoms with Crippen LogP contribution in [0.15, 0.2) is 10.8 Å². The lowest BCUT2D eigenvalue weighted by Gasteiger charge is -2.26. The largest absolute Gasteiger partial charge is 0.458 e. The molecule has 5 atom stereocenters. The zero-order chi connectivity index (χ0) is 25.7. The predicted octanol–water partition coefficient (Wildman–Crippen LogP) is 4.70. The molecule has 0 saturated carbocycles. The van der Waals surface area contributed by atoms with Crippen molar-refractivity contribution in [2.75, 3.05) is 6.61 Å². The van der Waals surface area contributed by atoms with Crippen LogP contribution in [-0.4, -0.2) is 51.1 Å². The van der Waals surface area contributed by atoms with Crippen molar-refractivity contribution in [3.63, 3.8) is 0 Å². The Morgan fingerprint density at radius 2 is 1.69 bits per heavy atom. The molecule has 0 spiro atoms. The molecule has 4 bridgehead atoms. The van der Waals surface area contributed by atoms with E-state index >= 15 is 0 Å². The molecule has 3 rings (SSSR count). The lowest BCUT2D eigenvalue weighted by atomic mass is 9.98. The van der Waals surface area contributed by atoms with Crippen LogP contribution >= 0.6 is 34.3 Å². The molecule has 0 saturated heterocycles. The highest BCUT2D eigenvalue weighted by Gasteiger charge is 2.34. The van der Waals surface area contributed by atoms with Crippen LogP contribution in [0.3, 0.4) is 0 Å². The smallest absolute Gasteiger partial charge is 0.358 e. The lowest BCUT2D eigenvalue weighted by Crippen LogP contribution is -2.33. The molecule has 1 unspecified atom stereocenters. The van der Waals surface area contributed by atoms with Gasteiger partial charge in [-0.1, -0.05) is 13.8 Å². The maximum absolute atomic E-state index is 13.1. The summed E-state index contributed by atoms with van der Waals surface area (Å²) < 4.78 is 16.7. The number of aliphatic hydroxyl groups is 1. The summed E-state index contributed by atoms with van der Waals surface area (Å²) in [6, 6.07) is 0. The molecular formula is C23H29ClN2O7S2. The second kappa shape index (κ2) is 12.2. The quantitative estimate of drug-likeness (QED) is 0.324. The van der Waals surface area contributed by atoms with Crippen LogP contribution in [0.1, 0.15) is 90.2 Å². The molecule has 0 aromatic carbocycles. The molecule has 1 aliphatic heterocycles. The molecule has 0 aliphatic carbocycles. The minimum atomic E-state index is -1.22. The van der Waals surface area contributed by atoms with Gasteiger partial charge in [0.1, 0.15) is 28.8 Å². The first-order valence-corrected chi connectivity index (χ1v) is 13.6. The van der Waals surface area contributed by atoms with Crippen LogP contribution in [0.25, 0.3) is 0 Å².